The molecule has 0 saturated heterocycles. The molecule has 1 amide bonds. The van der Waals surface area contributed by atoms with Crippen molar-refractivity contribution in [2.75, 3.05) is 13.2 Å². The third-order valence-electron chi connectivity index (χ3n) is 1.45. The number of hydrogen-bond donors (Lipinski definition) is 1. The fourth-order valence-corrected chi connectivity index (χ4v) is 0.714. The van der Waals surface area contributed by atoms with Gasteiger partial charge in [0, 0.05) is 5.92 Å². The average molecular weight is 201 g/mol. The number of carbonyl (C=O) groups is 3. The van der Waals surface area contributed by atoms with Gasteiger partial charge >= 0.3 is 5.97 Å². The fourth-order valence-electron chi connectivity index (χ4n) is 0.714. The van der Waals surface area contributed by atoms with Gasteiger partial charge in [0.1, 0.15) is 6.54 Å². The summed E-state index contributed by atoms with van der Waals surface area (Å²) in [4.78, 5) is 32.9. The van der Waals surface area contributed by atoms with E-state index in [4.69, 9.17) is 0 Å². The molecule has 0 spiro atoms. The number of ether oxygens (including phenoxy) is 1. The van der Waals surface area contributed by atoms with Crippen molar-refractivity contribution in [2.45, 2.75) is 20.8 Å². The summed E-state index contributed by atoms with van der Waals surface area (Å²) in [5.41, 5.74) is 0. The van der Waals surface area contributed by atoms with E-state index in [9.17, 15) is 14.4 Å². The standard InChI is InChI=1S/C9H15NO4/c1-4-14-7(11)5-10-9(13)8(12)6(2)3/h6H,4-5H2,1-3H3,(H,10,13). The summed E-state index contributed by atoms with van der Waals surface area (Å²) in [7, 11) is 0. The molecule has 1 N–H and O–H groups in total. The van der Waals surface area contributed by atoms with Gasteiger partial charge in [0.2, 0.25) is 5.78 Å². The van der Waals surface area contributed by atoms with Gasteiger partial charge in [0.05, 0.1) is 6.61 Å². The first-order chi connectivity index (χ1) is 6.49. The molecule has 5 nitrogen and oxygen atoms in total. The first kappa shape index (κ1) is 12.6. The molecular formula is C9H15NO4. The predicted molar refractivity (Wildman–Crippen MR) is 49.5 cm³/mol. The van der Waals surface area contributed by atoms with Crippen LogP contribution in [0.15, 0.2) is 0 Å². The Balaban J connectivity index is 3.85. The Morgan fingerprint density at radius 1 is 1.29 bits per heavy atom. The molecule has 0 fully saturated rings. The van der Waals surface area contributed by atoms with Crippen LogP contribution < -0.4 is 5.32 Å². The van der Waals surface area contributed by atoms with E-state index in [1.54, 1.807) is 20.8 Å². The highest BCUT2D eigenvalue weighted by atomic mass is 16.5. The molecule has 80 valence electrons. The topological polar surface area (TPSA) is 72.5 Å². The van der Waals surface area contributed by atoms with Crippen molar-refractivity contribution in [1.82, 2.24) is 5.32 Å². The van der Waals surface area contributed by atoms with E-state index in [0.717, 1.165) is 0 Å². The quantitative estimate of drug-likeness (QED) is 0.497. The third-order valence-corrected chi connectivity index (χ3v) is 1.45. The summed E-state index contributed by atoms with van der Waals surface area (Å²) in [6, 6.07) is 0. The molecule has 0 aromatic carbocycles. The van der Waals surface area contributed by atoms with Gasteiger partial charge < -0.3 is 10.1 Å². The van der Waals surface area contributed by atoms with Crippen molar-refractivity contribution in [3.05, 3.63) is 0 Å². The molecule has 0 aromatic rings. The van der Waals surface area contributed by atoms with Crippen molar-refractivity contribution in [3.8, 4) is 0 Å². The molecule has 0 atom stereocenters. The molecule has 5 heteroatoms. The molecule has 0 radical (unpaired) electrons. The van der Waals surface area contributed by atoms with Gasteiger partial charge in [-0.25, -0.2) is 0 Å². The van der Waals surface area contributed by atoms with Crippen molar-refractivity contribution in [1.29, 1.82) is 0 Å². The summed E-state index contributed by atoms with van der Waals surface area (Å²) in [6.07, 6.45) is 0. The van der Waals surface area contributed by atoms with Crippen molar-refractivity contribution in [2.24, 2.45) is 5.92 Å². The number of hydrogen-bond acceptors (Lipinski definition) is 4. The van der Waals surface area contributed by atoms with Gasteiger partial charge in [0.15, 0.2) is 0 Å². The van der Waals surface area contributed by atoms with E-state index < -0.39 is 17.7 Å². The highest BCUT2D eigenvalue weighted by Crippen LogP contribution is 1.93. The Morgan fingerprint density at radius 3 is 2.29 bits per heavy atom. The van der Waals surface area contributed by atoms with Crippen molar-refractivity contribution >= 4 is 17.7 Å². The summed E-state index contributed by atoms with van der Waals surface area (Å²) in [5, 5.41) is 2.19. The van der Waals surface area contributed by atoms with Crippen molar-refractivity contribution in [3.63, 3.8) is 0 Å². The molecule has 0 aliphatic carbocycles. The Hall–Kier alpha value is -1.39. The maximum absolute atomic E-state index is 11.0. The fraction of sp³-hybridized carbons (Fsp3) is 0.667. The van der Waals surface area contributed by atoms with Gasteiger partial charge in [-0.1, -0.05) is 13.8 Å². The van der Waals surface area contributed by atoms with E-state index in [2.05, 4.69) is 10.1 Å². The van der Waals surface area contributed by atoms with Crippen LogP contribution in [0.25, 0.3) is 0 Å². The molecule has 0 aromatic heterocycles. The monoisotopic (exact) mass is 201 g/mol. The van der Waals surface area contributed by atoms with Crippen LogP contribution in [0.4, 0.5) is 0 Å². The average Bonchev–Trinajstić information content (AvgIpc) is 2.13. The molecule has 0 rings (SSSR count). The maximum Gasteiger partial charge on any atom is 0.325 e. The van der Waals surface area contributed by atoms with Gasteiger partial charge in [0.25, 0.3) is 5.91 Å². The summed E-state index contributed by atoms with van der Waals surface area (Å²) in [6.45, 7) is 4.90. The zero-order chi connectivity index (χ0) is 11.1. The number of Topliss-reactive ketones (excluding diaryl/α,β-unsaturated/α-hetero) is 1. The second-order valence-corrected chi connectivity index (χ2v) is 3.01. The summed E-state index contributed by atoms with van der Waals surface area (Å²) in [5.74, 6) is -2.18. The van der Waals surface area contributed by atoms with Gasteiger partial charge in [-0.05, 0) is 6.92 Å². The molecule has 0 heterocycles. The van der Waals surface area contributed by atoms with Crippen molar-refractivity contribution < 1.29 is 19.1 Å². The van der Waals surface area contributed by atoms with Crippen LogP contribution in [0, 0.1) is 5.92 Å². The van der Waals surface area contributed by atoms with E-state index in [1.807, 2.05) is 0 Å². The van der Waals surface area contributed by atoms with Crippen LogP contribution >= 0.6 is 0 Å². The molecular weight excluding hydrogens is 186 g/mol. The van der Waals surface area contributed by atoms with Crippen LogP contribution in [-0.2, 0) is 19.1 Å². The number of rotatable bonds is 5. The molecule has 0 bridgehead atoms. The Bertz CT molecular complexity index is 235. The minimum absolute atomic E-state index is 0.257. The largest absolute Gasteiger partial charge is 0.465 e. The number of carbonyl (C=O) groups excluding carboxylic acids is 3. The lowest BCUT2D eigenvalue weighted by Crippen LogP contribution is -2.37. The summed E-state index contributed by atoms with van der Waals surface area (Å²) >= 11 is 0. The minimum Gasteiger partial charge on any atom is -0.465 e. The lowest BCUT2D eigenvalue weighted by atomic mass is 10.1. The van der Waals surface area contributed by atoms with Crippen LogP contribution in [0.5, 0.6) is 0 Å². The van der Waals surface area contributed by atoms with E-state index >= 15 is 0 Å². The maximum atomic E-state index is 11.0. The lowest BCUT2D eigenvalue weighted by Gasteiger charge is -2.05. The number of amides is 1. The third kappa shape index (κ3) is 4.59. The first-order valence-corrected chi connectivity index (χ1v) is 4.46. The number of esters is 1. The SMILES string of the molecule is CCOC(=O)CNC(=O)C(=O)C(C)C. The number of nitrogens with one attached hydrogen (secondary N) is 1. The Labute approximate surface area is 82.8 Å². The molecule has 14 heavy (non-hydrogen) atoms. The van der Waals surface area contributed by atoms with E-state index in [0.29, 0.717) is 0 Å². The number of ketones is 1. The second-order valence-electron chi connectivity index (χ2n) is 3.01. The molecule has 0 aliphatic rings. The van der Waals surface area contributed by atoms with E-state index in [-0.39, 0.29) is 19.1 Å². The normalized spacial score (nSPS) is 9.71. The van der Waals surface area contributed by atoms with E-state index in [1.165, 1.54) is 0 Å². The van der Waals surface area contributed by atoms with Crippen LogP contribution in [-0.4, -0.2) is 30.8 Å². The minimum atomic E-state index is -0.743. The summed E-state index contributed by atoms with van der Waals surface area (Å²) < 4.78 is 4.57. The zero-order valence-corrected chi connectivity index (χ0v) is 8.62. The predicted octanol–water partition coefficient (Wildman–Crippen LogP) is -0.109. The second kappa shape index (κ2) is 6.12. The van der Waals surface area contributed by atoms with Crippen LogP contribution in [0.1, 0.15) is 20.8 Å². The van der Waals surface area contributed by atoms with Gasteiger partial charge in [-0.2, -0.15) is 0 Å². The molecule has 0 unspecified atom stereocenters. The lowest BCUT2D eigenvalue weighted by molar-refractivity contribution is -0.145. The first-order valence-electron chi connectivity index (χ1n) is 4.46. The molecule has 0 saturated carbocycles. The van der Waals surface area contributed by atoms with Gasteiger partial charge in [-0.3, -0.25) is 14.4 Å². The van der Waals surface area contributed by atoms with Crippen LogP contribution in [0.3, 0.4) is 0 Å². The Kier molecular flexibility index (Phi) is 5.52. The van der Waals surface area contributed by atoms with Crippen LogP contribution in [0.2, 0.25) is 0 Å². The highest BCUT2D eigenvalue weighted by Gasteiger charge is 2.17. The van der Waals surface area contributed by atoms with Gasteiger partial charge in [-0.15, -0.1) is 0 Å². The zero-order valence-electron chi connectivity index (χ0n) is 8.62. The smallest absolute Gasteiger partial charge is 0.325 e. The molecule has 0 aliphatic heterocycles. The highest BCUT2D eigenvalue weighted by molar-refractivity contribution is 6.37. The Morgan fingerprint density at radius 2 is 1.86 bits per heavy atom.